The van der Waals surface area contributed by atoms with E-state index in [9.17, 15) is 14.4 Å². The van der Waals surface area contributed by atoms with Gasteiger partial charge in [0.15, 0.2) is 0 Å². The third-order valence-corrected chi connectivity index (χ3v) is 3.26. The zero-order chi connectivity index (χ0) is 17.5. The van der Waals surface area contributed by atoms with Gasteiger partial charge in [0.2, 0.25) is 0 Å². The van der Waals surface area contributed by atoms with Crippen molar-refractivity contribution in [3.05, 3.63) is 46.1 Å². The van der Waals surface area contributed by atoms with Crippen LogP contribution in [0.5, 0.6) is 0 Å². The molecular formula is C15H19N5O4. The molecule has 0 fully saturated rings. The minimum absolute atomic E-state index is 0.295. The van der Waals surface area contributed by atoms with Crippen molar-refractivity contribution in [2.75, 3.05) is 18.5 Å². The van der Waals surface area contributed by atoms with E-state index >= 15 is 0 Å². The number of ether oxygens (including phenoxy) is 1. The van der Waals surface area contributed by atoms with Crippen LogP contribution in [0.15, 0.2) is 29.1 Å². The van der Waals surface area contributed by atoms with Crippen LogP contribution in [0.2, 0.25) is 0 Å². The largest absolute Gasteiger partial charge is 0.462 e. The Labute approximate surface area is 138 Å². The van der Waals surface area contributed by atoms with Crippen molar-refractivity contribution >= 4 is 17.7 Å². The van der Waals surface area contributed by atoms with Crippen LogP contribution in [0, 0.1) is 0 Å². The maximum absolute atomic E-state index is 11.8. The molecule has 0 unspecified atom stereocenters. The van der Waals surface area contributed by atoms with Gasteiger partial charge in [-0.3, -0.25) is 4.57 Å². The van der Waals surface area contributed by atoms with Gasteiger partial charge in [0.25, 0.3) is 0 Å². The number of hydrogen-bond acceptors (Lipinski definition) is 5. The van der Waals surface area contributed by atoms with Crippen LogP contribution in [0.3, 0.4) is 0 Å². The predicted octanol–water partition coefficient (Wildman–Crippen LogP) is 0.649. The second-order valence-corrected chi connectivity index (χ2v) is 4.93. The van der Waals surface area contributed by atoms with E-state index in [1.165, 1.54) is 4.57 Å². The predicted molar refractivity (Wildman–Crippen MR) is 87.0 cm³/mol. The van der Waals surface area contributed by atoms with E-state index in [0.717, 1.165) is 0 Å². The van der Waals surface area contributed by atoms with E-state index in [0.29, 0.717) is 36.6 Å². The van der Waals surface area contributed by atoms with Crippen LogP contribution in [0.25, 0.3) is 0 Å². The molecule has 3 N–H and O–H groups in total. The second kappa shape index (κ2) is 7.95. The number of urea groups is 1. The molecule has 0 aliphatic carbocycles. The number of amides is 2. The van der Waals surface area contributed by atoms with Crippen molar-refractivity contribution in [3.8, 4) is 0 Å². The molecule has 24 heavy (non-hydrogen) atoms. The summed E-state index contributed by atoms with van der Waals surface area (Å²) in [7, 11) is 1.60. The second-order valence-electron chi connectivity index (χ2n) is 4.93. The number of benzene rings is 1. The molecule has 9 nitrogen and oxygen atoms in total. The van der Waals surface area contributed by atoms with Gasteiger partial charge < -0.3 is 15.4 Å². The molecule has 0 aliphatic heterocycles. The molecule has 0 radical (unpaired) electrons. The Morgan fingerprint density at radius 2 is 2.00 bits per heavy atom. The van der Waals surface area contributed by atoms with E-state index < -0.39 is 5.97 Å². The summed E-state index contributed by atoms with van der Waals surface area (Å²) in [5.41, 5.74) is 0.672. The fraction of sp³-hybridized carbons (Fsp3) is 0.333. The third-order valence-electron chi connectivity index (χ3n) is 3.26. The first-order chi connectivity index (χ1) is 11.5. The molecule has 1 aromatic heterocycles. The van der Waals surface area contributed by atoms with Crippen LogP contribution in [0.4, 0.5) is 10.5 Å². The van der Waals surface area contributed by atoms with Crippen LogP contribution in [-0.4, -0.2) is 39.9 Å². The van der Waals surface area contributed by atoms with Gasteiger partial charge in [0.05, 0.1) is 12.2 Å². The molecule has 1 heterocycles. The molecule has 0 bridgehead atoms. The number of rotatable bonds is 6. The van der Waals surface area contributed by atoms with Gasteiger partial charge in [-0.1, -0.05) is 0 Å². The molecule has 0 saturated heterocycles. The fourth-order valence-electron chi connectivity index (χ4n) is 1.97. The number of esters is 1. The zero-order valence-corrected chi connectivity index (χ0v) is 13.5. The van der Waals surface area contributed by atoms with Crippen molar-refractivity contribution in [3.63, 3.8) is 0 Å². The van der Waals surface area contributed by atoms with Gasteiger partial charge in [-0.25, -0.2) is 19.5 Å². The fourth-order valence-corrected chi connectivity index (χ4v) is 1.97. The molecule has 9 heteroatoms. The number of nitrogens with one attached hydrogen (secondary N) is 3. The lowest BCUT2D eigenvalue weighted by Crippen LogP contribution is -2.31. The van der Waals surface area contributed by atoms with Gasteiger partial charge in [0, 0.05) is 25.7 Å². The SMILES string of the molecule is CCOC(=O)c1ccc(NC(=O)NCCc2n[nH]c(=O)n2C)cc1. The smallest absolute Gasteiger partial charge is 0.343 e. The first-order valence-corrected chi connectivity index (χ1v) is 7.43. The lowest BCUT2D eigenvalue weighted by molar-refractivity contribution is 0.0526. The van der Waals surface area contributed by atoms with Crippen LogP contribution in [0.1, 0.15) is 23.1 Å². The van der Waals surface area contributed by atoms with E-state index in [4.69, 9.17) is 4.74 Å². The van der Waals surface area contributed by atoms with Crippen LogP contribution in [-0.2, 0) is 18.2 Å². The minimum atomic E-state index is -0.405. The molecule has 2 aromatic rings. The van der Waals surface area contributed by atoms with Gasteiger partial charge in [-0.2, -0.15) is 5.10 Å². The standard InChI is InChI=1S/C15H19N5O4/c1-3-24-13(21)10-4-6-11(7-5-10)17-14(22)16-9-8-12-18-19-15(23)20(12)2/h4-7H,3,8-9H2,1-2H3,(H,19,23)(H2,16,17,22). The lowest BCUT2D eigenvalue weighted by atomic mass is 10.2. The summed E-state index contributed by atoms with van der Waals surface area (Å²) in [4.78, 5) is 34.5. The molecule has 0 atom stereocenters. The summed E-state index contributed by atoms with van der Waals surface area (Å²) < 4.78 is 6.27. The monoisotopic (exact) mass is 333 g/mol. The Morgan fingerprint density at radius 3 is 2.58 bits per heavy atom. The molecule has 0 aliphatic rings. The number of carbonyl (C=O) groups is 2. The molecule has 2 amide bonds. The first-order valence-electron chi connectivity index (χ1n) is 7.43. The van der Waals surface area contributed by atoms with E-state index in [-0.39, 0.29) is 11.7 Å². The zero-order valence-electron chi connectivity index (χ0n) is 13.5. The molecule has 1 aromatic carbocycles. The number of aromatic nitrogens is 3. The van der Waals surface area contributed by atoms with Crippen LogP contribution < -0.4 is 16.3 Å². The molecule has 0 spiro atoms. The van der Waals surface area contributed by atoms with Crippen molar-refractivity contribution in [1.82, 2.24) is 20.1 Å². The van der Waals surface area contributed by atoms with Gasteiger partial charge in [-0.15, -0.1) is 0 Å². The molecule has 128 valence electrons. The number of carbonyl (C=O) groups excluding carboxylic acids is 2. The van der Waals surface area contributed by atoms with Crippen molar-refractivity contribution < 1.29 is 14.3 Å². The number of aromatic amines is 1. The number of H-pyrrole nitrogens is 1. The summed E-state index contributed by atoms with van der Waals surface area (Å²) in [6, 6.07) is 5.99. The summed E-state index contributed by atoms with van der Waals surface area (Å²) in [6.07, 6.45) is 0.421. The Hall–Kier alpha value is -3.10. The number of nitrogens with zero attached hydrogens (tertiary/aromatic N) is 2. The summed E-state index contributed by atoms with van der Waals surface area (Å²) in [5, 5.41) is 11.5. The Morgan fingerprint density at radius 1 is 1.29 bits per heavy atom. The normalized spacial score (nSPS) is 10.2. The minimum Gasteiger partial charge on any atom is -0.462 e. The Bertz CT molecular complexity index is 763. The lowest BCUT2D eigenvalue weighted by Gasteiger charge is -2.08. The first kappa shape index (κ1) is 17.3. The topological polar surface area (TPSA) is 118 Å². The van der Waals surface area contributed by atoms with Crippen molar-refractivity contribution in [1.29, 1.82) is 0 Å². The average Bonchev–Trinajstić information content (AvgIpc) is 2.88. The summed E-state index contributed by atoms with van der Waals surface area (Å²) >= 11 is 0. The van der Waals surface area contributed by atoms with E-state index in [1.54, 1.807) is 38.2 Å². The highest BCUT2D eigenvalue weighted by atomic mass is 16.5. The Balaban J connectivity index is 1.80. The van der Waals surface area contributed by atoms with Crippen molar-refractivity contribution in [2.45, 2.75) is 13.3 Å². The summed E-state index contributed by atoms with van der Waals surface area (Å²) in [5.74, 6) is 0.150. The maximum Gasteiger partial charge on any atom is 0.343 e. The van der Waals surface area contributed by atoms with Crippen LogP contribution >= 0.6 is 0 Å². The maximum atomic E-state index is 11.8. The highest BCUT2D eigenvalue weighted by Gasteiger charge is 2.08. The van der Waals surface area contributed by atoms with Gasteiger partial charge in [-0.05, 0) is 31.2 Å². The van der Waals surface area contributed by atoms with E-state index in [2.05, 4.69) is 20.8 Å². The van der Waals surface area contributed by atoms with Gasteiger partial charge in [0.1, 0.15) is 5.82 Å². The van der Waals surface area contributed by atoms with E-state index in [1.807, 2.05) is 0 Å². The average molecular weight is 333 g/mol. The molecule has 2 rings (SSSR count). The molecule has 0 saturated carbocycles. The molecular weight excluding hydrogens is 314 g/mol. The highest BCUT2D eigenvalue weighted by Crippen LogP contribution is 2.10. The Kier molecular flexibility index (Phi) is 5.72. The number of hydrogen-bond donors (Lipinski definition) is 3. The summed E-state index contributed by atoms with van der Waals surface area (Å²) in [6.45, 7) is 2.37. The van der Waals surface area contributed by atoms with Gasteiger partial charge >= 0.3 is 17.7 Å². The quantitative estimate of drug-likeness (QED) is 0.671. The number of anilines is 1. The third kappa shape index (κ3) is 4.45. The van der Waals surface area contributed by atoms with Crippen molar-refractivity contribution in [2.24, 2.45) is 7.05 Å². The highest BCUT2D eigenvalue weighted by molar-refractivity contribution is 5.92.